The van der Waals surface area contributed by atoms with Gasteiger partial charge in [0, 0.05) is 29.2 Å². The Bertz CT molecular complexity index is 1170. The first-order chi connectivity index (χ1) is 13.6. The van der Waals surface area contributed by atoms with Crippen molar-refractivity contribution in [2.75, 3.05) is 12.4 Å². The number of hydrogen-bond acceptors (Lipinski definition) is 5. The summed E-state index contributed by atoms with van der Waals surface area (Å²) in [5.41, 5.74) is 10.1. The highest BCUT2D eigenvalue weighted by atomic mass is 16.5. The predicted molar refractivity (Wildman–Crippen MR) is 108 cm³/mol. The van der Waals surface area contributed by atoms with E-state index in [1.807, 2.05) is 47.9 Å². The van der Waals surface area contributed by atoms with Gasteiger partial charge in [-0.3, -0.25) is 9.20 Å². The van der Waals surface area contributed by atoms with Gasteiger partial charge in [0.05, 0.1) is 19.0 Å². The molecule has 7 nitrogen and oxygen atoms in total. The van der Waals surface area contributed by atoms with Crippen molar-refractivity contribution in [3.05, 3.63) is 72.2 Å². The highest BCUT2D eigenvalue weighted by molar-refractivity contribution is 5.96. The Kier molecular flexibility index (Phi) is 4.41. The molecule has 7 heteroatoms. The maximum Gasteiger partial charge on any atom is 0.249 e. The largest absolute Gasteiger partial charge is 0.497 e. The lowest BCUT2D eigenvalue weighted by Crippen LogP contribution is -2.13. The van der Waals surface area contributed by atoms with E-state index in [9.17, 15) is 4.79 Å². The van der Waals surface area contributed by atoms with E-state index in [0.29, 0.717) is 17.0 Å². The first-order valence-electron chi connectivity index (χ1n) is 8.71. The Hall–Kier alpha value is -3.87. The number of carbonyl (C=O) groups excluding carboxylic acids is 1. The molecule has 0 aliphatic heterocycles. The third-order valence-electron chi connectivity index (χ3n) is 4.67. The zero-order valence-corrected chi connectivity index (χ0v) is 15.5. The minimum atomic E-state index is -0.463. The molecule has 0 spiro atoms. The number of fused-ring (bicyclic) bond motifs is 1. The molecular weight excluding hydrogens is 354 g/mol. The molecule has 140 valence electrons. The fraction of sp³-hybridized carbons (Fsp3) is 0.0952. The second-order valence-corrected chi connectivity index (χ2v) is 6.31. The molecule has 2 aromatic carbocycles. The van der Waals surface area contributed by atoms with E-state index in [4.69, 9.17) is 10.5 Å². The number of amides is 1. The number of nitrogens with two attached hydrogens (primary N) is 1. The van der Waals surface area contributed by atoms with Crippen LogP contribution in [0.3, 0.4) is 0 Å². The van der Waals surface area contributed by atoms with Crippen LogP contribution in [0.4, 0.5) is 11.5 Å². The molecule has 4 rings (SSSR count). The van der Waals surface area contributed by atoms with E-state index in [0.717, 1.165) is 28.3 Å². The minimum absolute atomic E-state index is 0.463. The molecule has 0 fully saturated rings. The number of ether oxygens (including phenoxy) is 1. The number of methoxy groups -OCH3 is 1. The molecule has 0 aliphatic rings. The Labute approximate surface area is 161 Å². The quantitative estimate of drug-likeness (QED) is 0.558. The van der Waals surface area contributed by atoms with E-state index < -0.39 is 5.91 Å². The van der Waals surface area contributed by atoms with Gasteiger partial charge < -0.3 is 15.8 Å². The lowest BCUT2D eigenvalue weighted by atomic mass is 10.1. The fourth-order valence-corrected chi connectivity index (χ4v) is 3.15. The molecule has 0 bridgehead atoms. The van der Waals surface area contributed by atoms with E-state index in [-0.39, 0.29) is 0 Å². The normalized spacial score (nSPS) is 10.8. The van der Waals surface area contributed by atoms with Gasteiger partial charge in [-0.1, -0.05) is 6.07 Å². The van der Waals surface area contributed by atoms with Gasteiger partial charge in [-0.05, 0) is 48.9 Å². The smallest absolute Gasteiger partial charge is 0.249 e. The Balaban J connectivity index is 1.75. The Morgan fingerprint density at radius 2 is 1.93 bits per heavy atom. The molecule has 3 N–H and O–H groups in total. The molecule has 28 heavy (non-hydrogen) atoms. The summed E-state index contributed by atoms with van der Waals surface area (Å²) in [5, 5.41) is 3.27. The van der Waals surface area contributed by atoms with Gasteiger partial charge in [-0.25, -0.2) is 9.97 Å². The van der Waals surface area contributed by atoms with Crippen molar-refractivity contribution in [1.82, 2.24) is 14.4 Å². The van der Waals surface area contributed by atoms with Crippen LogP contribution in [0.15, 0.2) is 61.1 Å². The zero-order chi connectivity index (χ0) is 19.7. The number of benzene rings is 2. The summed E-state index contributed by atoms with van der Waals surface area (Å²) < 4.78 is 7.18. The molecule has 2 heterocycles. The average Bonchev–Trinajstić information content (AvgIpc) is 3.14. The number of primary amides is 1. The number of anilines is 2. The number of nitrogens with zero attached hydrogens (tertiary/aromatic N) is 3. The summed E-state index contributed by atoms with van der Waals surface area (Å²) in [5.74, 6) is 0.924. The van der Waals surface area contributed by atoms with Crippen LogP contribution in [0.1, 0.15) is 15.9 Å². The number of rotatable bonds is 5. The Morgan fingerprint density at radius 1 is 1.14 bits per heavy atom. The minimum Gasteiger partial charge on any atom is -0.497 e. The van der Waals surface area contributed by atoms with Crippen LogP contribution in [0.5, 0.6) is 5.75 Å². The summed E-state index contributed by atoms with van der Waals surface area (Å²) in [6.45, 7) is 1.84. The van der Waals surface area contributed by atoms with E-state index in [2.05, 4.69) is 15.3 Å². The second-order valence-electron chi connectivity index (χ2n) is 6.31. The summed E-state index contributed by atoms with van der Waals surface area (Å²) in [7, 11) is 1.64. The number of hydrogen-bond donors (Lipinski definition) is 2. The second kappa shape index (κ2) is 7.03. The van der Waals surface area contributed by atoms with Crippen LogP contribution in [-0.2, 0) is 0 Å². The van der Waals surface area contributed by atoms with Gasteiger partial charge in [0.2, 0.25) is 5.91 Å². The molecule has 0 atom stereocenters. The van der Waals surface area contributed by atoms with Crippen molar-refractivity contribution < 1.29 is 9.53 Å². The van der Waals surface area contributed by atoms with Gasteiger partial charge >= 0.3 is 0 Å². The number of imidazole rings is 1. The molecule has 0 aliphatic carbocycles. The van der Waals surface area contributed by atoms with E-state index >= 15 is 0 Å². The van der Waals surface area contributed by atoms with Crippen molar-refractivity contribution in [2.45, 2.75) is 6.92 Å². The Morgan fingerprint density at radius 3 is 2.64 bits per heavy atom. The van der Waals surface area contributed by atoms with Crippen LogP contribution in [-0.4, -0.2) is 27.4 Å². The monoisotopic (exact) mass is 373 g/mol. The van der Waals surface area contributed by atoms with Crippen LogP contribution in [0, 0.1) is 6.92 Å². The van der Waals surface area contributed by atoms with Crippen LogP contribution < -0.4 is 15.8 Å². The van der Waals surface area contributed by atoms with E-state index in [1.54, 1.807) is 31.6 Å². The first-order valence-corrected chi connectivity index (χ1v) is 8.71. The topological polar surface area (TPSA) is 94.5 Å². The zero-order valence-electron chi connectivity index (χ0n) is 15.5. The summed E-state index contributed by atoms with van der Waals surface area (Å²) in [6, 6.07) is 13.1. The molecule has 0 saturated heterocycles. The SMILES string of the molecule is COc1ccc(-c2cnc3c(Nc4cccc(C(N)=O)c4C)nccn23)cc1. The number of nitrogens with one attached hydrogen (secondary N) is 1. The molecular formula is C21H19N5O2. The lowest BCUT2D eigenvalue weighted by molar-refractivity contribution is 0.1000. The maximum atomic E-state index is 11.6. The lowest BCUT2D eigenvalue weighted by Gasteiger charge is -2.12. The van der Waals surface area contributed by atoms with Crippen molar-refractivity contribution >= 4 is 23.1 Å². The molecule has 0 unspecified atom stereocenters. The molecule has 0 radical (unpaired) electrons. The van der Waals surface area contributed by atoms with Gasteiger partial charge in [0.1, 0.15) is 5.75 Å². The van der Waals surface area contributed by atoms with Crippen LogP contribution in [0.2, 0.25) is 0 Å². The molecule has 0 saturated carbocycles. The summed E-state index contributed by atoms with van der Waals surface area (Å²) >= 11 is 0. The summed E-state index contributed by atoms with van der Waals surface area (Å²) in [6.07, 6.45) is 5.37. The molecule has 1 amide bonds. The van der Waals surface area contributed by atoms with Gasteiger partial charge in [-0.2, -0.15) is 0 Å². The van der Waals surface area contributed by atoms with Crippen molar-refractivity contribution in [2.24, 2.45) is 5.73 Å². The third-order valence-corrected chi connectivity index (χ3v) is 4.67. The molecule has 2 aromatic heterocycles. The standard InChI is InChI=1S/C21H19N5O2/c1-13-16(19(22)27)4-3-5-17(13)25-20-21-24-12-18(26(21)11-10-23-20)14-6-8-15(28-2)9-7-14/h3-12H,1-2H3,(H2,22,27)(H,23,25). The average molecular weight is 373 g/mol. The highest BCUT2D eigenvalue weighted by Gasteiger charge is 2.13. The van der Waals surface area contributed by atoms with Gasteiger partial charge in [0.15, 0.2) is 11.5 Å². The summed E-state index contributed by atoms with van der Waals surface area (Å²) in [4.78, 5) is 20.6. The maximum absolute atomic E-state index is 11.6. The van der Waals surface area contributed by atoms with Crippen LogP contribution >= 0.6 is 0 Å². The fourth-order valence-electron chi connectivity index (χ4n) is 3.15. The van der Waals surface area contributed by atoms with Crippen molar-refractivity contribution in [3.8, 4) is 17.0 Å². The highest BCUT2D eigenvalue weighted by Crippen LogP contribution is 2.28. The molecule has 4 aromatic rings. The number of carbonyl (C=O) groups is 1. The first kappa shape index (κ1) is 17.5. The van der Waals surface area contributed by atoms with Gasteiger partial charge in [0.25, 0.3) is 0 Å². The van der Waals surface area contributed by atoms with Gasteiger partial charge in [-0.15, -0.1) is 0 Å². The van der Waals surface area contributed by atoms with E-state index in [1.165, 1.54) is 0 Å². The predicted octanol–water partition coefficient (Wildman–Crippen LogP) is 3.56. The third kappa shape index (κ3) is 3.03. The number of aromatic nitrogens is 3. The van der Waals surface area contributed by atoms with Crippen molar-refractivity contribution in [3.63, 3.8) is 0 Å². The van der Waals surface area contributed by atoms with Crippen molar-refractivity contribution in [1.29, 1.82) is 0 Å². The van der Waals surface area contributed by atoms with Crippen LogP contribution in [0.25, 0.3) is 16.9 Å².